The van der Waals surface area contributed by atoms with Crippen molar-refractivity contribution in [1.82, 2.24) is 9.99 Å². The Hall–Kier alpha value is -3.87. The van der Waals surface area contributed by atoms with Crippen LogP contribution in [0, 0.1) is 0 Å². The van der Waals surface area contributed by atoms with Crippen molar-refractivity contribution in [2.45, 2.75) is 32.7 Å². The number of methoxy groups -OCH3 is 1. The minimum atomic E-state index is -0.568. The monoisotopic (exact) mass is 447 g/mol. The standard InChI is InChI=1S/C26H29N3O4/c1-3-4-8-16-33-23-14-13-21(17-24(23)32-2)18-27-28-25(30)22-12-9-15-29(26(22)31)19-20-10-6-5-7-11-20/h5-7,9-15,17-18H,3-4,8,16,19H2,1-2H3,(H,28,30)/b27-18-. The van der Waals surface area contributed by atoms with E-state index in [0.29, 0.717) is 24.7 Å². The molecule has 0 spiro atoms. The second-order valence-corrected chi connectivity index (χ2v) is 7.51. The molecule has 3 rings (SSSR count). The number of pyridine rings is 1. The van der Waals surface area contributed by atoms with Crippen LogP contribution in [0.25, 0.3) is 0 Å². The fourth-order valence-corrected chi connectivity index (χ4v) is 3.26. The van der Waals surface area contributed by atoms with Crippen molar-refractivity contribution in [3.05, 3.63) is 93.9 Å². The summed E-state index contributed by atoms with van der Waals surface area (Å²) >= 11 is 0. The Bertz CT molecular complexity index is 1140. The molecule has 2 aromatic carbocycles. The molecule has 1 amide bonds. The smallest absolute Gasteiger partial charge is 0.276 e. The van der Waals surface area contributed by atoms with Gasteiger partial charge >= 0.3 is 0 Å². The van der Waals surface area contributed by atoms with E-state index in [9.17, 15) is 9.59 Å². The molecular weight excluding hydrogens is 418 g/mol. The number of aromatic nitrogens is 1. The first-order valence-corrected chi connectivity index (χ1v) is 11.0. The maximum absolute atomic E-state index is 12.7. The van der Waals surface area contributed by atoms with Crippen LogP contribution in [0.2, 0.25) is 0 Å². The molecule has 0 saturated heterocycles. The molecule has 33 heavy (non-hydrogen) atoms. The maximum atomic E-state index is 12.7. The first-order valence-electron chi connectivity index (χ1n) is 11.0. The highest BCUT2D eigenvalue weighted by atomic mass is 16.5. The fraction of sp³-hybridized carbons (Fsp3) is 0.269. The summed E-state index contributed by atoms with van der Waals surface area (Å²) in [5, 5.41) is 4.00. The van der Waals surface area contributed by atoms with E-state index in [4.69, 9.17) is 9.47 Å². The summed E-state index contributed by atoms with van der Waals surface area (Å²) in [6.07, 6.45) is 6.39. The predicted molar refractivity (Wildman–Crippen MR) is 129 cm³/mol. The molecular formula is C26H29N3O4. The highest BCUT2D eigenvalue weighted by Crippen LogP contribution is 2.27. The Balaban J connectivity index is 1.64. The van der Waals surface area contributed by atoms with E-state index in [1.807, 2.05) is 42.5 Å². The Kier molecular flexibility index (Phi) is 8.82. The lowest BCUT2D eigenvalue weighted by atomic mass is 10.2. The van der Waals surface area contributed by atoms with Gasteiger partial charge in [-0.1, -0.05) is 50.1 Å². The SMILES string of the molecule is CCCCCOc1ccc(/C=N\NC(=O)c2cccn(Cc3ccccc3)c2=O)cc1OC. The van der Waals surface area contributed by atoms with Crippen LogP contribution in [-0.4, -0.2) is 30.4 Å². The van der Waals surface area contributed by atoms with Gasteiger partial charge in [0.2, 0.25) is 0 Å². The minimum Gasteiger partial charge on any atom is -0.493 e. The largest absolute Gasteiger partial charge is 0.493 e. The van der Waals surface area contributed by atoms with Crippen molar-refractivity contribution in [3.63, 3.8) is 0 Å². The third-order valence-corrected chi connectivity index (χ3v) is 5.03. The van der Waals surface area contributed by atoms with Crippen LogP contribution in [-0.2, 0) is 6.54 Å². The van der Waals surface area contributed by atoms with Crippen LogP contribution in [0.15, 0.2) is 76.8 Å². The average Bonchev–Trinajstić information content (AvgIpc) is 2.84. The number of hydrogen-bond donors (Lipinski definition) is 1. The van der Waals surface area contributed by atoms with Gasteiger partial charge in [-0.2, -0.15) is 5.10 Å². The molecule has 0 atom stereocenters. The molecule has 3 aromatic rings. The van der Waals surface area contributed by atoms with Gasteiger partial charge in [0, 0.05) is 6.20 Å². The van der Waals surface area contributed by atoms with E-state index >= 15 is 0 Å². The van der Waals surface area contributed by atoms with Crippen molar-refractivity contribution in [1.29, 1.82) is 0 Å². The van der Waals surface area contributed by atoms with E-state index in [1.165, 1.54) is 16.8 Å². The number of nitrogens with zero attached hydrogens (tertiary/aromatic N) is 2. The number of rotatable bonds is 11. The molecule has 1 N–H and O–H groups in total. The number of unbranched alkanes of at least 4 members (excludes halogenated alkanes) is 2. The number of hydrazone groups is 1. The predicted octanol–water partition coefficient (Wildman–Crippen LogP) is 4.24. The molecule has 7 heteroatoms. The van der Waals surface area contributed by atoms with E-state index in [2.05, 4.69) is 17.5 Å². The topological polar surface area (TPSA) is 81.9 Å². The Morgan fingerprint density at radius 2 is 1.88 bits per heavy atom. The number of nitrogens with one attached hydrogen (secondary N) is 1. The maximum Gasteiger partial charge on any atom is 0.276 e. The first-order chi connectivity index (χ1) is 16.1. The van der Waals surface area contributed by atoms with Crippen LogP contribution in [0.5, 0.6) is 11.5 Å². The van der Waals surface area contributed by atoms with Gasteiger partial charge in [0.15, 0.2) is 11.5 Å². The second kappa shape index (κ2) is 12.2. The van der Waals surface area contributed by atoms with Crippen molar-refractivity contribution >= 4 is 12.1 Å². The lowest BCUT2D eigenvalue weighted by Gasteiger charge is -2.11. The fourth-order valence-electron chi connectivity index (χ4n) is 3.26. The number of carbonyl (C=O) groups excluding carboxylic acids is 1. The van der Waals surface area contributed by atoms with Crippen LogP contribution < -0.4 is 20.5 Å². The van der Waals surface area contributed by atoms with Crippen LogP contribution in [0.4, 0.5) is 0 Å². The molecule has 0 saturated carbocycles. The zero-order valence-electron chi connectivity index (χ0n) is 19.0. The van der Waals surface area contributed by atoms with Gasteiger partial charge in [0.25, 0.3) is 11.5 Å². The summed E-state index contributed by atoms with van der Waals surface area (Å²) in [4.78, 5) is 25.2. The van der Waals surface area contributed by atoms with Gasteiger partial charge in [-0.05, 0) is 47.9 Å². The average molecular weight is 448 g/mol. The molecule has 7 nitrogen and oxygen atoms in total. The second-order valence-electron chi connectivity index (χ2n) is 7.51. The third kappa shape index (κ3) is 6.80. The summed E-state index contributed by atoms with van der Waals surface area (Å²) in [5.74, 6) is 0.688. The van der Waals surface area contributed by atoms with Gasteiger partial charge in [-0.25, -0.2) is 5.43 Å². The van der Waals surface area contributed by atoms with Crippen LogP contribution >= 0.6 is 0 Å². The Morgan fingerprint density at radius 1 is 1.06 bits per heavy atom. The lowest BCUT2D eigenvalue weighted by Crippen LogP contribution is -2.30. The van der Waals surface area contributed by atoms with Gasteiger partial charge in [0.05, 0.1) is 26.5 Å². The number of amides is 1. The van der Waals surface area contributed by atoms with Crippen LogP contribution in [0.1, 0.15) is 47.7 Å². The number of hydrogen-bond acceptors (Lipinski definition) is 5. The number of benzene rings is 2. The summed E-state index contributed by atoms with van der Waals surface area (Å²) < 4.78 is 12.7. The zero-order chi connectivity index (χ0) is 23.5. The molecule has 0 aliphatic heterocycles. The quantitative estimate of drug-likeness (QED) is 0.271. The van der Waals surface area contributed by atoms with Crippen molar-refractivity contribution in [2.24, 2.45) is 5.10 Å². The van der Waals surface area contributed by atoms with Gasteiger partial charge in [-0.3, -0.25) is 9.59 Å². The van der Waals surface area contributed by atoms with E-state index in [-0.39, 0.29) is 11.1 Å². The van der Waals surface area contributed by atoms with Crippen molar-refractivity contribution < 1.29 is 14.3 Å². The molecule has 1 heterocycles. The molecule has 0 aliphatic carbocycles. The van der Waals surface area contributed by atoms with Crippen molar-refractivity contribution in [3.8, 4) is 11.5 Å². The normalized spacial score (nSPS) is 10.8. The van der Waals surface area contributed by atoms with Gasteiger partial charge < -0.3 is 14.0 Å². The molecule has 0 fully saturated rings. The summed E-state index contributed by atoms with van der Waals surface area (Å²) in [6, 6.07) is 18.2. The van der Waals surface area contributed by atoms with Gasteiger partial charge in [-0.15, -0.1) is 0 Å². The summed E-state index contributed by atoms with van der Waals surface area (Å²) in [6.45, 7) is 3.16. The number of carbonyl (C=O) groups is 1. The molecule has 0 aliphatic rings. The lowest BCUT2D eigenvalue weighted by molar-refractivity contribution is 0.0953. The molecule has 0 radical (unpaired) electrons. The Labute approximate surface area is 193 Å². The molecule has 1 aromatic heterocycles. The third-order valence-electron chi connectivity index (χ3n) is 5.03. The van der Waals surface area contributed by atoms with Crippen LogP contribution in [0.3, 0.4) is 0 Å². The zero-order valence-corrected chi connectivity index (χ0v) is 19.0. The van der Waals surface area contributed by atoms with E-state index in [1.54, 1.807) is 25.4 Å². The molecule has 0 bridgehead atoms. The van der Waals surface area contributed by atoms with E-state index < -0.39 is 5.91 Å². The molecule has 0 unspecified atom stereocenters. The van der Waals surface area contributed by atoms with Gasteiger partial charge in [0.1, 0.15) is 5.56 Å². The summed E-state index contributed by atoms with van der Waals surface area (Å²) in [5.41, 5.74) is 3.78. The highest BCUT2D eigenvalue weighted by molar-refractivity contribution is 5.94. The molecule has 172 valence electrons. The first kappa shape index (κ1) is 23.8. The van der Waals surface area contributed by atoms with E-state index in [0.717, 1.165) is 30.4 Å². The summed E-state index contributed by atoms with van der Waals surface area (Å²) in [7, 11) is 1.58. The van der Waals surface area contributed by atoms with Crippen molar-refractivity contribution in [2.75, 3.05) is 13.7 Å². The number of ether oxygens (including phenoxy) is 2. The highest BCUT2D eigenvalue weighted by Gasteiger charge is 2.12. The Morgan fingerprint density at radius 3 is 2.64 bits per heavy atom. The minimum absolute atomic E-state index is 0.0268.